The van der Waals surface area contributed by atoms with E-state index in [1.54, 1.807) is 4.90 Å². The highest BCUT2D eigenvalue weighted by Crippen LogP contribution is 2.09. The van der Waals surface area contributed by atoms with Gasteiger partial charge in [0.05, 0.1) is 25.3 Å². The van der Waals surface area contributed by atoms with Gasteiger partial charge in [-0.25, -0.2) is 8.78 Å². The first-order valence-electron chi connectivity index (χ1n) is 6.16. The van der Waals surface area contributed by atoms with Crippen molar-refractivity contribution in [3.8, 4) is 0 Å². The maximum atomic E-state index is 13.4. The van der Waals surface area contributed by atoms with E-state index in [9.17, 15) is 18.4 Å². The average molecular weight is 284 g/mol. The summed E-state index contributed by atoms with van der Waals surface area (Å²) in [6.45, 7) is 1.65. The summed E-state index contributed by atoms with van der Waals surface area (Å²) >= 11 is 0. The molecular formula is C13H14F2N2O3. The topological polar surface area (TPSA) is 58.6 Å². The first-order valence-corrected chi connectivity index (χ1v) is 6.16. The standard InChI is InChI=1S/C13H14F2N2O3/c14-9-1-2-10(11(15)7-9)13(19)16-8-12(18)17-3-5-20-6-4-17/h1-2,7H,3-6,8H2,(H,16,19). The maximum Gasteiger partial charge on any atom is 0.254 e. The van der Waals surface area contributed by atoms with Crippen LogP contribution in [0.2, 0.25) is 0 Å². The molecule has 0 saturated carbocycles. The fourth-order valence-electron chi connectivity index (χ4n) is 1.85. The van der Waals surface area contributed by atoms with E-state index in [1.165, 1.54) is 0 Å². The molecule has 1 aliphatic rings. The molecule has 0 radical (unpaired) electrons. The fourth-order valence-corrected chi connectivity index (χ4v) is 1.85. The number of amides is 2. The zero-order valence-corrected chi connectivity index (χ0v) is 10.7. The van der Waals surface area contributed by atoms with E-state index < -0.39 is 17.5 Å². The van der Waals surface area contributed by atoms with Crippen molar-refractivity contribution in [1.82, 2.24) is 10.2 Å². The Hall–Kier alpha value is -2.02. The molecule has 0 aromatic heterocycles. The van der Waals surface area contributed by atoms with E-state index in [2.05, 4.69) is 5.32 Å². The van der Waals surface area contributed by atoms with Gasteiger partial charge < -0.3 is 15.0 Å². The van der Waals surface area contributed by atoms with Gasteiger partial charge in [0, 0.05) is 19.2 Å². The molecule has 1 heterocycles. The normalized spacial score (nSPS) is 15.0. The molecule has 2 amide bonds. The van der Waals surface area contributed by atoms with Crippen molar-refractivity contribution in [3.63, 3.8) is 0 Å². The smallest absolute Gasteiger partial charge is 0.254 e. The number of benzene rings is 1. The van der Waals surface area contributed by atoms with Gasteiger partial charge in [0.1, 0.15) is 11.6 Å². The lowest BCUT2D eigenvalue weighted by atomic mass is 10.2. The van der Waals surface area contributed by atoms with E-state index >= 15 is 0 Å². The van der Waals surface area contributed by atoms with Gasteiger partial charge in [-0.2, -0.15) is 0 Å². The number of morpholine rings is 1. The van der Waals surface area contributed by atoms with E-state index in [0.29, 0.717) is 32.4 Å². The molecule has 1 aromatic rings. The Bertz CT molecular complexity index is 516. The Labute approximate surface area is 114 Å². The molecule has 20 heavy (non-hydrogen) atoms. The minimum atomic E-state index is -0.957. The van der Waals surface area contributed by atoms with Crippen molar-refractivity contribution < 1.29 is 23.1 Å². The first-order chi connectivity index (χ1) is 9.58. The van der Waals surface area contributed by atoms with Gasteiger partial charge >= 0.3 is 0 Å². The molecule has 7 heteroatoms. The quantitative estimate of drug-likeness (QED) is 0.882. The van der Waals surface area contributed by atoms with E-state index in [0.717, 1.165) is 12.1 Å². The second-order valence-corrected chi connectivity index (χ2v) is 4.30. The molecule has 0 aliphatic carbocycles. The summed E-state index contributed by atoms with van der Waals surface area (Å²) in [5.41, 5.74) is -0.291. The number of hydrogen-bond donors (Lipinski definition) is 1. The van der Waals surface area contributed by atoms with Crippen LogP contribution in [0.15, 0.2) is 18.2 Å². The third-order valence-corrected chi connectivity index (χ3v) is 2.94. The molecule has 0 atom stereocenters. The summed E-state index contributed by atoms with van der Waals surface area (Å²) in [4.78, 5) is 25.0. The molecule has 1 aliphatic heterocycles. The summed E-state index contributed by atoms with van der Waals surface area (Å²) in [5, 5.41) is 2.32. The molecule has 1 fully saturated rings. The second-order valence-electron chi connectivity index (χ2n) is 4.30. The number of halogens is 2. The Morgan fingerprint density at radius 2 is 1.95 bits per heavy atom. The van der Waals surface area contributed by atoms with Gasteiger partial charge in [0.25, 0.3) is 5.91 Å². The van der Waals surface area contributed by atoms with Crippen LogP contribution in [0.3, 0.4) is 0 Å². The van der Waals surface area contributed by atoms with Gasteiger partial charge in [-0.05, 0) is 12.1 Å². The summed E-state index contributed by atoms with van der Waals surface area (Å²) in [6, 6.07) is 2.65. The van der Waals surface area contributed by atoms with E-state index in [1.807, 2.05) is 0 Å². The SMILES string of the molecule is O=C(NCC(=O)N1CCOCC1)c1ccc(F)cc1F. The van der Waals surface area contributed by atoms with Gasteiger partial charge in [0.15, 0.2) is 0 Å². The predicted octanol–water partition coefficient (Wildman–Crippen LogP) is 0.553. The summed E-state index contributed by atoms with van der Waals surface area (Å²) in [6.07, 6.45) is 0. The lowest BCUT2D eigenvalue weighted by molar-refractivity contribution is -0.134. The third-order valence-electron chi connectivity index (χ3n) is 2.94. The largest absolute Gasteiger partial charge is 0.378 e. The Morgan fingerprint density at radius 3 is 2.60 bits per heavy atom. The molecule has 108 valence electrons. The number of nitrogens with one attached hydrogen (secondary N) is 1. The molecule has 1 aromatic carbocycles. The minimum Gasteiger partial charge on any atom is -0.378 e. The molecule has 0 bridgehead atoms. The second kappa shape index (κ2) is 6.42. The van der Waals surface area contributed by atoms with Crippen molar-refractivity contribution in [3.05, 3.63) is 35.4 Å². The number of hydrogen-bond acceptors (Lipinski definition) is 3. The van der Waals surface area contributed by atoms with Crippen molar-refractivity contribution in [2.75, 3.05) is 32.8 Å². The van der Waals surface area contributed by atoms with Crippen LogP contribution in [-0.2, 0) is 9.53 Å². The van der Waals surface area contributed by atoms with Crippen LogP contribution in [0.1, 0.15) is 10.4 Å². The molecule has 5 nitrogen and oxygen atoms in total. The van der Waals surface area contributed by atoms with Crippen LogP contribution < -0.4 is 5.32 Å². The zero-order chi connectivity index (χ0) is 14.5. The number of nitrogens with zero attached hydrogens (tertiary/aromatic N) is 1. The average Bonchev–Trinajstić information content (AvgIpc) is 2.45. The van der Waals surface area contributed by atoms with Crippen LogP contribution in [0, 0.1) is 11.6 Å². The molecule has 0 unspecified atom stereocenters. The van der Waals surface area contributed by atoms with Crippen molar-refractivity contribution in [2.24, 2.45) is 0 Å². The number of carbonyl (C=O) groups is 2. The number of ether oxygens (including phenoxy) is 1. The lowest BCUT2D eigenvalue weighted by Gasteiger charge is -2.26. The highest BCUT2D eigenvalue weighted by Gasteiger charge is 2.18. The molecule has 2 rings (SSSR count). The minimum absolute atomic E-state index is 0.227. The number of carbonyl (C=O) groups excluding carboxylic acids is 2. The fraction of sp³-hybridized carbons (Fsp3) is 0.385. The Kier molecular flexibility index (Phi) is 4.62. The third kappa shape index (κ3) is 3.51. The highest BCUT2D eigenvalue weighted by molar-refractivity contribution is 5.96. The monoisotopic (exact) mass is 284 g/mol. The van der Waals surface area contributed by atoms with Gasteiger partial charge in [0.2, 0.25) is 5.91 Å². The predicted molar refractivity (Wildman–Crippen MR) is 66.1 cm³/mol. The Balaban J connectivity index is 1.89. The van der Waals surface area contributed by atoms with Crippen molar-refractivity contribution >= 4 is 11.8 Å². The van der Waals surface area contributed by atoms with Crippen LogP contribution in [0.5, 0.6) is 0 Å². The summed E-state index contributed by atoms with van der Waals surface area (Å²) < 4.78 is 31.2. The van der Waals surface area contributed by atoms with Crippen LogP contribution in [0.25, 0.3) is 0 Å². The van der Waals surface area contributed by atoms with Crippen LogP contribution >= 0.6 is 0 Å². The first kappa shape index (κ1) is 14.4. The highest BCUT2D eigenvalue weighted by atomic mass is 19.1. The van der Waals surface area contributed by atoms with Crippen LogP contribution in [-0.4, -0.2) is 49.6 Å². The van der Waals surface area contributed by atoms with E-state index in [-0.39, 0.29) is 18.0 Å². The maximum absolute atomic E-state index is 13.4. The lowest BCUT2D eigenvalue weighted by Crippen LogP contribution is -2.45. The molecule has 1 saturated heterocycles. The van der Waals surface area contributed by atoms with Crippen LogP contribution in [0.4, 0.5) is 8.78 Å². The Morgan fingerprint density at radius 1 is 1.25 bits per heavy atom. The zero-order valence-electron chi connectivity index (χ0n) is 10.7. The number of rotatable bonds is 3. The molecular weight excluding hydrogens is 270 g/mol. The van der Waals surface area contributed by atoms with E-state index in [4.69, 9.17) is 4.74 Å². The van der Waals surface area contributed by atoms with Crippen molar-refractivity contribution in [2.45, 2.75) is 0 Å². The van der Waals surface area contributed by atoms with Gasteiger partial charge in [-0.1, -0.05) is 0 Å². The van der Waals surface area contributed by atoms with Gasteiger partial charge in [-0.15, -0.1) is 0 Å². The summed E-state index contributed by atoms with van der Waals surface area (Å²) in [5.74, 6) is -2.72. The van der Waals surface area contributed by atoms with Gasteiger partial charge in [-0.3, -0.25) is 9.59 Å². The van der Waals surface area contributed by atoms with Crippen molar-refractivity contribution in [1.29, 1.82) is 0 Å². The molecule has 0 spiro atoms. The molecule has 1 N–H and O–H groups in total. The summed E-state index contributed by atoms with van der Waals surface area (Å²) in [7, 11) is 0.